The Morgan fingerprint density at radius 2 is 1.90 bits per heavy atom. The lowest BCUT2D eigenvalue weighted by molar-refractivity contribution is 0.307. The zero-order chi connectivity index (χ0) is 20.6. The van der Waals surface area contributed by atoms with Crippen molar-refractivity contribution in [3.05, 3.63) is 48.0 Å². The standard InChI is InChI=1S/C23H30N4OS/c1-4-26(5-2)13-14-27-22-12-9-19(24-17-29)16-21(22)25-23(27)15-18-7-10-20(11-8-18)28-6-3/h7-12,16,23,25H,4-6,13-15H2,1-3H3. The van der Waals surface area contributed by atoms with Crippen molar-refractivity contribution >= 4 is 34.4 Å². The summed E-state index contributed by atoms with van der Waals surface area (Å²) in [6.07, 6.45) is 1.11. The first-order valence-corrected chi connectivity index (χ1v) is 10.8. The van der Waals surface area contributed by atoms with E-state index in [1.807, 2.05) is 25.1 Å². The molecule has 5 nitrogen and oxygen atoms in total. The molecule has 6 heteroatoms. The van der Waals surface area contributed by atoms with Gasteiger partial charge in [0, 0.05) is 19.5 Å². The van der Waals surface area contributed by atoms with Gasteiger partial charge in [0.15, 0.2) is 0 Å². The molecule has 0 spiro atoms. The average molecular weight is 411 g/mol. The van der Waals surface area contributed by atoms with Crippen LogP contribution in [0.15, 0.2) is 47.5 Å². The molecule has 0 saturated heterocycles. The van der Waals surface area contributed by atoms with E-state index in [0.29, 0.717) is 6.61 Å². The summed E-state index contributed by atoms with van der Waals surface area (Å²) in [5, 5.41) is 6.14. The minimum absolute atomic E-state index is 0.199. The van der Waals surface area contributed by atoms with Crippen LogP contribution in [0, 0.1) is 0 Å². The zero-order valence-electron chi connectivity index (χ0n) is 17.5. The molecule has 0 aliphatic carbocycles. The van der Waals surface area contributed by atoms with Crippen LogP contribution in [0.1, 0.15) is 26.3 Å². The smallest absolute Gasteiger partial charge is 0.119 e. The molecule has 154 valence electrons. The SMILES string of the molecule is CCOc1ccc(CC2Nc3cc(N=C=S)ccc3N2CCN(CC)CC)cc1. The highest BCUT2D eigenvalue weighted by molar-refractivity contribution is 7.78. The molecule has 0 radical (unpaired) electrons. The van der Waals surface area contributed by atoms with Crippen molar-refractivity contribution in [1.82, 2.24) is 4.90 Å². The minimum atomic E-state index is 0.199. The molecule has 0 bridgehead atoms. The molecule has 3 rings (SSSR count). The van der Waals surface area contributed by atoms with Crippen LogP contribution in [-0.4, -0.2) is 49.0 Å². The van der Waals surface area contributed by atoms with Gasteiger partial charge in [-0.2, -0.15) is 4.99 Å². The molecule has 0 amide bonds. The molecule has 1 heterocycles. The number of rotatable bonds is 10. The highest BCUT2D eigenvalue weighted by atomic mass is 32.1. The van der Waals surface area contributed by atoms with Crippen molar-refractivity contribution in [2.24, 2.45) is 4.99 Å². The van der Waals surface area contributed by atoms with E-state index < -0.39 is 0 Å². The van der Waals surface area contributed by atoms with Gasteiger partial charge in [-0.25, -0.2) is 0 Å². The van der Waals surface area contributed by atoms with Gasteiger partial charge in [-0.05, 0) is 68.1 Å². The largest absolute Gasteiger partial charge is 0.494 e. The molecule has 1 aliphatic heterocycles. The summed E-state index contributed by atoms with van der Waals surface area (Å²) >= 11 is 4.76. The normalized spacial score (nSPS) is 15.0. The van der Waals surface area contributed by atoms with Crippen molar-refractivity contribution in [2.45, 2.75) is 33.4 Å². The van der Waals surface area contributed by atoms with Gasteiger partial charge in [-0.3, -0.25) is 0 Å². The van der Waals surface area contributed by atoms with Gasteiger partial charge < -0.3 is 19.9 Å². The van der Waals surface area contributed by atoms with E-state index in [1.54, 1.807) is 0 Å². The summed E-state index contributed by atoms with van der Waals surface area (Å²) in [6.45, 7) is 11.3. The van der Waals surface area contributed by atoms with Crippen LogP contribution in [0.5, 0.6) is 5.75 Å². The third kappa shape index (κ3) is 5.36. The second-order valence-electron chi connectivity index (χ2n) is 7.07. The molecule has 2 aromatic rings. The number of thiocarbonyl (C=S) groups is 1. The van der Waals surface area contributed by atoms with E-state index in [9.17, 15) is 0 Å². The molecule has 1 aliphatic rings. The molecule has 2 aromatic carbocycles. The van der Waals surface area contributed by atoms with Crippen LogP contribution in [0.25, 0.3) is 0 Å². The first kappa shape index (κ1) is 21.3. The van der Waals surface area contributed by atoms with Crippen LogP contribution in [-0.2, 0) is 6.42 Å². The maximum atomic E-state index is 5.57. The number of aliphatic imine (C=N–C) groups is 1. The quantitative estimate of drug-likeness (QED) is 0.443. The second-order valence-corrected chi connectivity index (χ2v) is 7.25. The van der Waals surface area contributed by atoms with Crippen LogP contribution in [0.4, 0.5) is 17.1 Å². The number of anilines is 2. The lowest BCUT2D eigenvalue weighted by Gasteiger charge is -2.29. The summed E-state index contributed by atoms with van der Waals surface area (Å²) in [5.74, 6) is 0.917. The predicted molar refractivity (Wildman–Crippen MR) is 125 cm³/mol. The first-order valence-electron chi connectivity index (χ1n) is 10.4. The summed E-state index contributed by atoms with van der Waals surface area (Å²) in [4.78, 5) is 9.05. The average Bonchev–Trinajstić information content (AvgIpc) is 3.07. The number of benzene rings is 2. The molecular weight excluding hydrogens is 380 g/mol. The maximum Gasteiger partial charge on any atom is 0.119 e. The van der Waals surface area contributed by atoms with Crippen molar-refractivity contribution in [2.75, 3.05) is 43.0 Å². The number of fused-ring (bicyclic) bond motifs is 1. The predicted octanol–water partition coefficient (Wildman–Crippen LogP) is 4.96. The minimum Gasteiger partial charge on any atom is -0.494 e. The topological polar surface area (TPSA) is 40.1 Å². The summed E-state index contributed by atoms with van der Waals surface area (Å²) in [6, 6.07) is 14.6. The van der Waals surface area contributed by atoms with Gasteiger partial charge >= 0.3 is 0 Å². The molecule has 1 N–H and O–H groups in total. The van der Waals surface area contributed by atoms with Gasteiger partial charge in [0.05, 0.1) is 28.8 Å². The fraction of sp³-hybridized carbons (Fsp3) is 0.435. The van der Waals surface area contributed by atoms with Crippen LogP contribution in [0.2, 0.25) is 0 Å². The third-order valence-electron chi connectivity index (χ3n) is 5.38. The fourth-order valence-corrected chi connectivity index (χ4v) is 3.88. The van der Waals surface area contributed by atoms with Gasteiger partial charge in [0.1, 0.15) is 11.9 Å². The number of isothiocyanates is 1. The van der Waals surface area contributed by atoms with E-state index in [0.717, 1.165) is 49.7 Å². The van der Waals surface area contributed by atoms with Crippen molar-refractivity contribution in [3.8, 4) is 5.75 Å². The van der Waals surface area contributed by atoms with Crippen LogP contribution < -0.4 is 15.0 Å². The summed E-state index contributed by atoms with van der Waals surface area (Å²) in [5.41, 5.74) is 4.43. The first-order chi connectivity index (χ1) is 14.2. The van der Waals surface area contributed by atoms with E-state index in [2.05, 4.69) is 63.4 Å². The van der Waals surface area contributed by atoms with Crippen molar-refractivity contribution < 1.29 is 4.74 Å². The van der Waals surface area contributed by atoms with E-state index in [1.165, 1.54) is 11.3 Å². The van der Waals surface area contributed by atoms with Crippen molar-refractivity contribution in [3.63, 3.8) is 0 Å². The zero-order valence-corrected chi connectivity index (χ0v) is 18.3. The number of ether oxygens (including phenoxy) is 1. The third-order valence-corrected chi connectivity index (χ3v) is 5.47. The van der Waals surface area contributed by atoms with Gasteiger partial charge in [-0.15, -0.1) is 0 Å². The molecule has 1 atom stereocenters. The maximum absolute atomic E-state index is 5.57. The Hall–Kier alpha value is -2.40. The Morgan fingerprint density at radius 1 is 1.14 bits per heavy atom. The Morgan fingerprint density at radius 3 is 2.55 bits per heavy atom. The van der Waals surface area contributed by atoms with Gasteiger partial charge in [0.2, 0.25) is 0 Å². The number of likely N-dealkylation sites (N-methyl/N-ethyl adjacent to an activating group) is 1. The van der Waals surface area contributed by atoms with Crippen LogP contribution >= 0.6 is 12.2 Å². The molecular formula is C23H30N4OS. The highest BCUT2D eigenvalue weighted by Crippen LogP contribution is 2.38. The highest BCUT2D eigenvalue weighted by Gasteiger charge is 2.29. The van der Waals surface area contributed by atoms with E-state index in [4.69, 9.17) is 17.0 Å². The van der Waals surface area contributed by atoms with E-state index in [-0.39, 0.29) is 6.17 Å². The Labute approximate surface area is 179 Å². The lowest BCUT2D eigenvalue weighted by Crippen LogP contribution is -2.42. The van der Waals surface area contributed by atoms with E-state index >= 15 is 0 Å². The summed E-state index contributed by atoms with van der Waals surface area (Å²) in [7, 11) is 0. The fourth-order valence-electron chi connectivity index (χ4n) is 3.78. The number of nitrogens with zero attached hydrogens (tertiary/aromatic N) is 3. The Bertz CT molecular complexity index is 844. The number of hydrogen-bond donors (Lipinski definition) is 1. The molecule has 0 fully saturated rings. The second kappa shape index (κ2) is 10.4. The van der Waals surface area contributed by atoms with Crippen molar-refractivity contribution in [1.29, 1.82) is 0 Å². The lowest BCUT2D eigenvalue weighted by atomic mass is 10.1. The Kier molecular flexibility index (Phi) is 7.64. The number of nitrogens with one attached hydrogen (secondary N) is 1. The molecule has 29 heavy (non-hydrogen) atoms. The molecule has 0 saturated carbocycles. The molecule has 0 aromatic heterocycles. The van der Waals surface area contributed by atoms with Gasteiger partial charge in [0.25, 0.3) is 0 Å². The Balaban J connectivity index is 1.80. The van der Waals surface area contributed by atoms with Gasteiger partial charge in [-0.1, -0.05) is 26.0 Å². The molecule has 1 unspecified atom stereocenters. The monoisotopic (exact) mass is 410 g/mol. The van der Waals surface area contributed by atoms with Crippen LogP contribution in [0.3, 0.4) is 0 Å². The summed E-state index contributed by atoms with van der Waals surface area (Å²) < 4.78 is 5.57. The number of hydrogen-bond acceptors (Lipinski definition) is 6.